The largest absolute Gasteiger partial charge is 0.299 e. The molecule has 3 aliphatic rings. The lowest BCUT2D eigenvalue weighted by Crippen LogP contribution is -2.50. The quantitative estimate of drug-likeness (QED) is 0.381. The van der Waals surface area contributed by atoms with Crippen molar-refractivity contribution in [3.63, 3.8) is 0 Å². The van der Waals surface area contributed by atoms with Gasteiger partial charge < -0.3 is 0 Å². The number of hydrogen-bond acceptors (Lipinski definition) is 4. The normalized spacial score (nSPS) is 44.6. The number of rotatable bonds is 0. The lowest BCUT2D eigenvalue weighted by molar-refractivity contribution is -0.146. The van der Waals surface area contributed by atoms with Gasteiger partial charge in [-0.05, 0) is 0 Å². The molecule has 0 bridgehead atoms. The van der Waals surface area contributed by atoms with E-state index in [1.54, 1.807) is 0 Å². The van der Waals surface area contributed by atoms with E-state index in [9.17, 15) is 19.2 Å². The molecule has 5 heteroatoms. The van der Waals surface area contributed by atoms with E-state index in [0.717, 1.165) is 0 Å². The minimum absolute atomic E-state index is 0.0944. The summed E-state index contributed by atoms with van der Waals surface area (Å²) < 4.78 is 0. The molecule has 72 valence electrons. The van der Waals surface area contributed by atoms with Crippen molar-refractivity contribution in [3.05, 3.63) is 0 Å². The molecule has 1 N–H and O–H groups in total. The second kappa shape index (κ2) is 2.10. The highest BCUT2D eigenvalue weighted by atomic mass is 16.2. The molecule has 0 radical (unpaired) electrons. The van der Waals surface area contributed by atoms with Crippen molar-refractivity contribution >= 4 is 23.4 Å². The van der Waals surface area contributed by atoms with Gasteiger partial charge in [-0.2, -0.15) is 0 Å². The van der Waals surface area contributed by atoms with Gasteiger partial charge in [-0.15, -0.1) is 0 Å². The van der Waals surface area contributed by atoms with Crippen molar-refractivity contribution < 1.29 is 19.2 Å². The molecule has 14 heavy (non-hydrogen) atoms. The van der Waals surface area contributed by atoms with Crippen LogP contribution in [-0.2, 0) is 19.2 Å². The topological polar surface area (TPSA) is 80.3 Å². The Labute approximate surface area is 78.8 Å². The van der Waals surface area contributed by atoms with Crippen LogP contribution < -0.4 is 5.32 Å². The zero-order valence-corrected chi connectivity index (χ0v) is 7.15. The Morgan fingerprint density at radius 1 is 0.786 bits per heavy atom. The van der Waals surface area contributed by atoms with Gasteiger partial charge >= 0.3 is 0 Å². The van der Waals surface area contributed by atoms with E-state index in [1.807, 2.05) is 0 Å². The summed E-state index contributed by atoms with van der Waals surface area (Å²) in [5, 5.41) is 2.17. The SMILES string of the molecule is O=C1CC(=O)C2C1C1C(=O)NC(=O)C21. The fourth-order valence-electron chi connectivity index (χ4n) is 2.90. The van der Waals surface area contributed by atoms with Gasteiger partial charge in [0.2, 0.25) is 11.8 Å². The number of carbonyl (C=O) groups excluding carboxylic acids is 4. The second-order valence-corrected chi connectivity index (χ2v) is 4.07. The van der Waals surface area contributed by atoms with Crippen LogP contribution in [0.1, 0.15) is 6.42 Å². The third-order valence-corrected chi connectivity index (χ3v) is 3.49. The Kier molecular flexibility index (Phi) is 1.18. The summed E-state index contributed by atoms with van der Waals surface area (Å²) in [4.78, 5) is 45.1. The standard InChI is InChI=1S/C9H7NO4/c11-2-1-3(12)5-4(2)6-7(5)9(14)10-8(6)13/h4-7H,1H2,(H,10,13,14). The highest BCUT2D eigenvalue weighted by Gasteiger charge is 2.68. The van der Waals surface area contributed by atoms with E-state index in [0.29, 0.717) is 0 Å². The van der Waals surface area contributed by atoms with Crippen molar-refractivity contribution in [3.8, 4) is 0 Å². The van der Waals surface area contributed by atoms with Crippen molar-refractivity contribution in [1.29, 1.82) is 0 Å². The summed E-state index contributed by atoms with van der Waals surface area (Å²) >= 11 is 0. The monoisotopic (exact) mass is 193 g/mol. The first kappa shape index (κ1) is 7.84. The molecule has 5 nitrogen and oxygen atoms in total. The molecule has 0 aromatic heterocycles. The maximum Gasteiger partial charge on any atom is 0.231 e. The Morgan fingerprint density at radius 3 is 1.64 bits per heavy atom. The molecule has 0 aromatic carbocycles. The second-order valence-electron chi connectivity index (χ2n) is 4.07. The van der Waals surface area contributed by atoms with E-state index in [1.165, 1.54) is 0 Å². The van der Waals surface area contributed by atoms with Gasteiger partial charge in [-0.3, -0.25) is 24.5 Å². The molecule has 1 saturated heterocycles. The molecule has 2 aliphatic carbocycles. The summed E-state index contributed by atoms with van der Waals surface area (Å²) in [6.45, 7) is 0. The molecule has 1 aliphatic heterocycles. The number of fused-ring (bicyclic) bond motifs is 4. The summed E-state index contributed by atoms with van der Waals surface area (Å²) in [5.74, 6) is -3.22. The molecule has 0 spiro atoms. The Bertz CT molecular complexity index is 318. The molecular formula is C9H7NO4. The van der Waals surface area contributed by atoms with Gasteiger partial charge in [-0.25, -0.2) is 0 Å². The average molecular weight is 193 g/mol. The number of amides is 2. The van der Waals surface area contributed by atoms with Crippen molar-refractivity contribution in [2.45, 2.75) is 6.42 Å². The smallest absolute Gasteiger partial charge is 0.231 e. The van der Waals surface area contributed by atoms with Crippen LogP contribution >= 0.6 is 0 Å². The molecule has 0 aromatic rings. The first-order valence-corrected chi connectivity index (χ1v) is 4.51. The zero-order chi connectivity index (χ0) is 10.0. The Balaban J connectivity index is 2.03. The van der Waals surface area contributed by atoms with Crippen LogP contribution in [-0.4, -0.2) is 23.4 Å². The zero-order valence-electron chi connectivity index (χ0n) is 7.15. The van der Waals surface area contributed by atoms with Crippen LogP contribution in [0.3, 0.4) is 0 Å². The van der Waals surface area contributed by atoms with Crippen LogP contribution in [0.5, 0.6) is 0 Å². The predicted octanol–water partition coefficient (Wildman–Crippen LogP) is -1.34. The molecule has 1 heterocycles. The van der Waals surface area contributed by atoms with Crippen LogP contribution in [0.2, 0.25) is 0 Å². The Hall–Kier alpha value is -1.52. The lowest BCUT2D eigenvalue weighted by Gasteiger charge is -2.38. The minimum Gasteiger partial charge on any atom is -0.299 e. The van der Waals surface area contributed by atoms with Crippen molar-refractivity contribution in [2.24, 2.45) is 23.7 Å². The van der Waals surface area contributed by atoms with Crippen LogP contribution in [0.25, 0.3) is 0 Å². The van der Waals surface area contributed by atoms with E-state index >= 15 is 0 Å². The van der Waals surface area contributed by atoms with E-state index in [4.69, 9.17) is 0 Å². The van der Waals surface area contributed by atoms with Crippen LogP contribution in [0.4, 0.5) is 0 Å². The third kappa shape index (κ3) is 0.636. The highest BCUT2D eigenvalue weighted by molar-refractivity contribution is 6.19. The van der Waals surface area contributed by atoms with Gasteiger partial charge in [0.1, 0.15) is 11.6 Å². The number of Topliss-reactive ketones (excluding diaryl/α,β-unsaturated/α-hetero) is 2. The maximum absolute atomic E-state index is 11.3. The van der Waals surface area contributed by atoms with E-state index in [-0.39, 0.29) is 29.8 Å². The minimum atomic E-state index is -0.550. The van der Waals surface area contributed by atoms with Gasteiger partial charge in [-0.1, -0.05) is 0 Å². The first-order valence-electron chi connectivity index (χ1n) is 4.51. The Morgan fingerprint density at radius 2 is 1.21 bits per heavy atom. The van der Waals surface area contributed by atoms with Crippen LogP contribution in [0.15, 0.2) is 0 Å². The molecule has 4 unspecified atom stereocenters. The molecule has 3 fully saturated rings. The maximum atomic E-state index is 11.3. The number of ketones is 2. The molecule has 4 atom stereocenters. The fraction of sp³-hybridized carbons (Fsp3) is 0.556. The number of hydrogen-bond donors (Lipinski definition) is 1. The van der Waals surface area contributed by atoms with E-state index < -0.39 is 23.7 Å². The van der Waals surface area contributed by atoms with Gasteiger partial charge in [0.05, 0.1) is 18.3 Å². The van der Waals surface area contributed by atoms with Crippen molar-refractivity contribution in [2.75, 3.05) is 0 Å². The predicted molar refractivity (Wildman–Crippen MR) is 41.7 cm³/mol. The molecular weight excluding hydrogens is 186 g/mol. The van der Waals surface area contributed by atoms with Crippen molar-refractivity contribution in [1.82, 2.24) is 5.32 Å². The van der Waals surface area contributed by atoms with E-state index in [2.05, 4.69) is 5.32 Å². The highest BCUT2D eigenvalue weighted by Crippen LogP contribution is 2.54. The summed E-state index contributed by atoms with van der Waals surface area (Å²) in [5.41, 5.74) is 0. The number of nitrogens with one attached hydrogen (secondary N) is 1. The molecule has 3 rings (SSSR count). The van der Waals surface area contributed by atoms with Gasteiger partial charge in [0.15, 0.2) is 0 Å². The number of imide groups is 1. The molecule has 2 amide bonds. The fourth-order valence-corrected chi connectivity index (χ4v) is 2.90. The average Bonchev–Trinajstić information content (AvgIpc) is 2.31. The van der Waals surface area contributed by atoms with Gasteiger partial charge in [0.25, 0.3) is 0 Å². The lowest BCUT2D eigenvalue weighted by atomic mass is 9.59. The summed E-state index contributed by atoms with van der Waals surface area (Å²) in [6.07, 6.45) is -0.0944. The molecule has 2 saturated carbocycles. The van der Waals surface area contributed by atoms with Gasteiger partial charge in [0, 0.05) is 11.8 Å². The van der Waals surface area contributed by atoms with Crippen LogP contribution in [0, 0.1) is 23.7 Å². The third-order valence-electron chi connectivity index (χ3n) is 3.49. The summed E-state index contributed by atoms with van der Waals surface area (Å²) in [7, 11) is 0. The first-order chi connectivity index (χ1) is 6.61. The number of carbonyl (C=O) groups is 4. The summed E-state index contributed by atoms with van der Waals surface area (Å²) in [6, 6.07) is 0.